The Morgan fingerprint density at radius 1 is 1.42 bits per heavy atom. The van der Waals surface area contributed by atoms with Gasteiger partial charge in [0.1, 0.15) is 0 Å². The van der Waals surface area contributed by atoms with Crippen LogP contribution in [0.4, 0.5) is 0 Å². The molecule has 1 atom stereocenters. The summed E-state index contributed by atoms with van der Waals surface area (Å²) in [6, 6.07) is 4.13. The first-order valence-electron chi connectivity index (χ1n) is 6.74. The molecule has 0 saturated heterocycles. The summed E-state index contributed by atoms with van der Waals surface area (Å²) in [5.74, 6) is 0. The molecule has 19 heavy (non-hydrogen) atoms. The van der Waals surface area contributed by atoms with E-state index in [0.717, 1.165) is 41.5 Å². The number of rotatable bonds is 4. The van der Waals surface area contributed by atoms with Gasteiger partial charge in [-0.05, 0) is 44.4 Å². The molecule has 0 amide bonds. The zero-order valence-corrected chi connectivity index (χ0v) is 11.3. The normalized spacial score (nSPS) is 18.5. The maximum absolute atomic E-state index is 9.74. The van der Waals surface area contributed by atoms with Gasteiger partial charge in [-0.3, -0.25) is 9.97 Å². The Morgan fingerprint density at radius 2 is 2.21 bits per heavy atom. The molecule has 4 nitrogen and oxygen atoms in total. The second kappa shape index (κ2) is 4.54. The summed E-state index contributed by atoms with van der Waals surface area (Å²) in [6.07, 6.45) is 5.51. The third kappa shape index (κ3) is 2.33. The number of aromatic nitrogens is 2. The predicted molar refractivity (Wildman–Crippen MR) is 74.8 cm³/mol. The Morgan fingerprint density at radius 3 is 2.89 bits per heavy atom. The fraction of sp³-hybridized carbons (Fsp3) is 0.467. The quantitative estimate of drug-likeness (QED) is 0.879. The number of nitrogens with one attached hydrogen (secondary N) is 1. The van der Waals surface area contributed by atoms with Gasteiger partial charge in [-0.25, -0.2) is 0 Å². The van der Waals surface area contributed by atoms with Crippen LogP contribution in [0.5, 0.6) is 0 Å². The molecule has 100 valence electrons. The van der Waals surface area contributed by atoms with Crippen molar-refractivity contribution in [2.75, 3.05) is 0 Å². The van der Waals surface area contributed by atoms with Crippen LogP contribution in [0, 0.1) is 6.92 Å². The van der Waals surface area contributed by atoms with Crippen molar-refractivity contribution in [1.82, 2.24) is 15.3 Å². The highest BCUT2D eigenvalue weighted by Gasteiger charge is 2.46. The lowest BCUT2D eigenvalue weighted by Crippen LogP contribution is -2.40. The third-order valence-corrected chi connectivity index (χ3v) is 4.07. The Bertz CT molecular complexity index is 605. The predicted octanol–water partition coefficient (Wildman–Crippen LogP) is 1.94. The molecular weight excluding hydrogens is 238 g/mol. The lowest BCUT2D eigenvalue weighted by Gasteiger charge is -2.20. The fourth-order valence-corrected chi connectivity index (χ4v) is 2.50. The molecule has 3 rings (SSSR count). The van der Waals surface area contributed by atoms with E-state index in [1.54, 1.807) is 0 Å². The first kappa shape index (κ1) is 12.5. The number of fused-ring (bicyclic) bond motifs is 1. The SMILES string of the molecule is Cc1nccc2cc(CNC3([C@H](C)O)CC3)cnc12. The lowest BCUT2D eigenvalue weighted by atomic mass is 10.1. The van der Waals surface area contributed by atoms with E-state index < -0.39 is 0 Å². The maximum atomic E-state index is 9.74. The van der Waals surface area contributed by atoms with E-state index in [9.17, 15) is 5.11 Å². The summed E-state index contributed by atoms with van der Waals surface area (Å²) in [6.45, 7) is 4.57. The Hall–Kier alpha value is -1.52. The number of aliphatic hydroxyl groups excluding tert-OH is 1. The molecule has 2 heterocycles. The molecule has 0 spiro atoms. The molecule has 0 aliphatic heterocycles. The van der Waals surface area contributed by atoms with Crippen LogP contribution in [0.2, 0.25) is 0 Å². The van der Waals surface area contributed by atoms with Gasteiger partial charge in [0.25, 0.3) is 0 Å². The molecule has 0 unspecified atom stereocenters. The number of aliphatic hydroxyl groups is 1. The molecule has 2 aromatic heterocycles. The third-order valence-electron chi connectivity index (χ3n) is 4.07. The average molecular weight is 257 g/mol. The molecule has 0 aromatic carbocycles. The highest BCUT2D eigenvalue weighted by atomic mass is 16.3. The Kier molecular flexibility index (Phi) is 2.99. The van der Waals surface area contributed by atoms with Crippen molar-refractivity contribution in [3.05, 3.63) is 35.8 Å². The van der Waals surface area contributed by atoms with Crippen molar-refractivity contribution < 1.29 is 5.11 Å². The second-order valence-corrected chi connectivity index (χ2v) is 5.50. The maximum Gasteiger partial charge on any atom is 0.0914 e. The van der Waals surface area contributed by atoms with Gasteiger partial charge >= 0.3 is 0 Å². The van der Waals surface area contributed by atoms with Crippen molar-refractivity contribution in [1.29, 1.82) is 0 Å². The van der Waals surface area contributed by atoms with E-state index in [1.165, 1.54) is 0 Å². The van der Waals surface area contributed by atoms with E-state index in [0.29, 0.717) is 0 Å². The second-order valence-electron chi connectivity index (χ2n) is 5.50. The minimum absolute atomic E-state index is 0.0664. The van der Waals surface area contributed by atoms with E-state index in [2.05, 4.69) is 21.4 Å². The molecule has 2 N–H and O–H groups in total. The van der Waals surface area contributed by atoms with Crippen LogP contribution >= 0.6 is 0 Å². The summed E-state index contributed by atoms with van der Waals surface area (Å²) in [5.41, 5.74) is 3.00. The summed E-state index contributed by atoms with van der Waals surface area (Å²) in [4.78, 5) is 8.73. The molecular formula is C15H19N3O. The average Bonchev–Trinajstić information content (AvgIpc) is 3.18. The van der Waals surface area contributed by atoms with Crippen LogP contribution in [0.15, 0.2) is 24.5 Å². The number of aryl methyl sites for hydroxylation is 1. The number of hydrogen-bond donors (Lipinski definition) is 2. The van der Waals surface area contributed by atoms with Crippen LogP contribution in [-0.4, -0.2) is 26.7 Å². The molecule has 0 radical (unpaired) electrons. The van der Waals surface area contributed by atoms with Crippen LogP contribution < -0.4 is 5.32 Å². The number of hydrogen-bond acceptors (Lipinski definition) is 4. The van der Waals surface area contributed by atoms with E-state index in [4.69, 9.17) is 0 Å². The van der Waals surface area contributed by atoms with E-state index in [1.807, 2.05) is 32.3 Å². The summed E-state index contributed by atoms with van der Waals surface area (Å²) in [7, 11) is 0. The summed E-state index contributed by atoms with van der Waals surface area (Å²) < 4.78 is 0. The Labute approximate surface area is 112 Å². The first-order valence-corrected chi connectivity index (χ1v) is 6.74. The number of nitrogens with zero attached hydrogens (tertiary/aromatic N) is 2. The van der Waals surface area contributed by atoms with Gasteiger partial charge in [-0.15, -0.1) is 0 Å². The molecule has 4 heteroatoms. The monoisotopic (exact) mass is 257 g/mol. The lowest BCUT2D eigenvalue weighted by molar-refractivity contribution is 0.132. The largest absolute Gasteiger partial charge is 0.391 e. The standard InChI is InChI=1S/C15H19N3O/c1-10-14-13(3-6-16-10)7-12(8-17-14)9-18-15(4-5-15)11(2)19/h3,6-8,11,18-19H,4-5,9H2,1-2H3/t11-/m0/s1. The van der Waals surface area contributed by atoms with Gasteiger partial charge in [0, 0.05) is 29.9 Å². The highest BCUT2D eigenvalue weighted by Crippen LogP contribution is 2.38. The molecule has 1 fully saturated rings. The van der Waals surface area contributed by atoms with Crippen LogP contribution in [0.25, 0.3) is 10.9 Å². The van der Waals surface area contributed by atoms with Crippen molar-refractivity contribution in [2.24, 2.45) is 0 Å². The van der Waals surface area contributed by atoms with E-state index in [-0.39, 0.29) is 11.6 Å². The Balaban J connectivity index is 1.79. The summed E-state index contributed by atoms with van der Waals surface area (Å²) in [5, 5.41) is 14.3. The molecule has 1 saturated carbocycles. The van der Waals surface area contributed by atoms with Crippen LogP contribution in [-0.2, 0) is 6.54 Å². The van der Waals surface area contributed by atoms with Gasteiger partial charge in [0.15, 0.2) is 0 Å². The van der Waals surface area contributed by atoms with Gasteiger partial charge in [-0.1, -0.05) is 0 Å². The highest BCUT2D eigenvalue weighted by molar-refractivity contribution is 5.80. The van der Waals surface area contributed by atoms with Crippen molar-refractivity contribution in [3.8, 4) is 0 Å². The molecule has 2 aromatic rings. The zero-order valence-electron chi connectivity index (χ0n) is 11.3. The van der Waals surface area contributed by atoms with Gasteiger partial charge in [0.05, 0.1) is 17.3 Å². The molecule has 1 aliphatic rings. The molecule has 1 aliphatic carbocycles. The van der Waals surface area contributed by atoms with Gasteiger partial charge in [-0.2, -0.15) is 0 Å². The smallest absolute Gasteiger partial charge is 0.0914 e. The van der Waals surface area contributed by atoms with Crippen LogP contribution in [0.3, 0.4) is 0 Å². The summed E-state index contributed by atoms with van der Waals surface area (Å²) >= 11 is 0. The van der Waals surface area contributed by atoms with Crippen LogP contribution in [0.1, 0.15) is 31.0 Å². The van der Waals surface area contributed by atoms with Crippen molar-refractivity contribution in [3.63, 3.8) is 0 Å². The van der Waals surface area contributed by atoms with Gasteiger partial charge in [0.2, 0.25) is 0 Å². The molecule has 0 bridgehead atoms. The van der Waals surface area contributed by atoms with E-state index >= 15 is 0 Å². The fourth-order valence-electron chi connectivity index (χ4n) is 2.50. The minimum atomic E-state index is -0.299. The van der Waals surface area contributed by atoms with Crippen molar-refractivity contribution in [2.45, 2.75) is 44.9 Å². The van der Waals surface area contributed by atoms with Gasteiger partial charge < -0.3 is 10.4 Å². The number of pyridine rings is 2. The van der Waals surface area contributed by atoms with Crippen molar-refractivity contribution >= 4 is 10.9 Å². The zero-order chi connectivity index (χ0) is 13.5. The minimum Gasteiger partial charge on any atom is -0.391 e. The first-order chi connectivity index (χ1) is 9.11. The topological polar surface area (TPSA) is 58.0 Å².